The van der Waals surface area contributed by atoms with Crippen molar-refractivity contribution in [2.45, 2.75) is 31.1 Å². The third-order valence-corrected chi connectivity index (χ3v) is 10.1. The topological polar surface area (TPSA) is 109 Å². The minimum absolute atomic E-state index is 0.0541. The van der Waals surface area contributed by atoms with Crippen LogP contribution in [0.1, 0.15) is 24.8 Å². The van der Waals surface area contributed by atoms with Gasteiger partial charge in [-0.05, 0) is 73.9 Å². The van der Waals surface area contributed by atoms with Crippen molar-refractivity contribution in [2.24, 2.45) is 0 Å². The van der Waals surface area contributed by atoms with E-state index in [9.17, 15) is 16.8 Å². The molecule has 0 atom stereocenters. The summed E-state index contributed by atoms with van der Waals surface area (Å²) in [6.07, 6.45) is 5.57. The molecule has 37 heavy (non-hydrogen) atoms. The maximum Gasteiger partial charge on any atom is 0.263 e. The van der Waals surface area contributed by atoms with Gasteiger partial charge in [-0.25, -0.2) is 21.8 Å². The predicted molar refractivity (Wildman–Crippen MR) is 147 cm³/mol. The van der Waals surface area contributed by atoms with Crippen LogP contribution >= 0.6 is 11.6 Å². The Hall–Kier alpha value is -3.21. The van der Waals surface area contributed by atoms with E-state index >= 15 is 0 Å². The van der Waals surface area contributed by atoms with Gasteiger partial charge in [0.2, 0.25) is 10.0 Å². The molecule has 1 fully saturated rings. The molecule has 1 aliphatic rings. The molecule has 0 aliphatic carbocycles. The Morgan fingerprint density at radius 2 is 1.84 bits per heavy atom. The molecule has 1 aliphatic heterocycles. The summed E-state index contributed by atoms with van der Waals surface area (Å²) in [6, 6.07) is 15.1. The van der Waals surface area contributed by atoms with Crippen LogP contribution in [0.2, 0.25) is 5.02 Å². The molecule has 8 nitrogen and oxygen atoms in total. The molecule has 2 aromatic carbocycles. The van der Waals surface area contributed by atoms with Crippen LogP contribution in [-0.4, -0.2) is 39.1 Å². The fraction of sp³-hybridized carbons (Fsp3) is 0.231. The maximum atomic E-state index is 13.2. The van der Waals surface area contributed by atoms with E-state index in [1.807, 2.05) is 31.2 Å². The smallest absolute Gasteiger partial charge is 0.263 e. The van der Waals surface area contributed by atoms with Gasteiger partial charge in [0, 0.05) is 35.6 Å². The number of sulfonamides is 2. The summed E-state index contributed by atoms with van der Waals surface area (Å²) in [6.45, 7) is 2.27. The van der Waals surface area contributed by atoms with Gasteiger partial charge in [-0.2, -0.15) is 0 Å². The lowest BCUT2D eigenvalue weighted by atomic mass is 10.0. The van der Waals surface area contributed by atoms with Gasteiger partial charge in [-0.3, -0.25) is 14.0 Å². The molecule has 192 valence electrons. The van der Waals surface area contributed by atoms with Crippen molar-refractivity contribution in [1.82, 2.24) is 9.97 Å². The second-order valence-corrected chi connectivity index (χ2v) is 13.0. The van der Waals surface area contributed by atoms with E-state index in [0.29, 0.717) is 30.0 Å². The number of pyridine rings is 2. The van der Waals surface area contributed by atoms with Crippen molar-refractivity contribution in [1.29, 1.82) is 0 Å². The van der Waals surface area contributed by atoms with Crippen molar-refractivity contribution in [3.63, 3.8) is 0 Å². The molecule has 0 bridgehead atoms. The normalized spacial score (nSPS) is 15.9. The molecule has 0 amide bonds. The number of aryl methyl sites for hydroxylation is 1. The molecule has 4 aromatic rings. The standard InChI is InChI=1S/C26H25ClN4O4S2/c1-18-5-7-20(15-22(18)25-9-6-19-17-28-12-11-24(19)29-25)30-37(34,35)26-10-8-21(16-23(26)27)31-13-3-2-4-14-36(31,32)33/h5-12,15-17,30H,2-4,13-14H2,1H3. The molecule has 3 heterocycles. The lowest BCUT2D eigenvalue weighted by molar-refractivity contribution is 0.592. The molecule has 0 spiro atoms. The monoisotopic (exact) mass is 556 g/mol. The minimum Gasteiger partial charge on any atom is -0.280 e. The number of fused-ring (bicyclic) bond motifs is 1. The van der Waals surface area contributed by atoms with Gasteiger partial charge < -0.3 is 0 Å². The highest BCUT2D eigenvalue weighted by atomic mass is 35.5. The third-order valence-electron chi connectivity index (χ3n) is 6.35. The van der Waals surface area contributed by atoms with Gasteiger partial charge in [0.05, 0.1) is 27.7 Å². The quantitative estimate of drug-likeness (QED) is 0.353. The first-order valence-corrected chi connectivity index (χ1v) is 15.3. The van der Waals surface area contributed by atoms with Crippen LogP contribution in [0.4, 0.5) is 11.4 Å². The maximum absolute atomic E-state index is 13.2. The first-order valence-electron chi connectivity index (χ1n) is 11.8. The van der Waals surface area contributed by atoms with Crippen LogP contribution in [0.5, 0.6) is 0 Å². The van der Waals surface area contributed by atoms with E-state index in [4.69, 9.17) is 16.6 Å². The Labute approximate surface area is 221 Å². The largest absolute Gasteiger partial charge is 0.280 e. The second kappa shape index (κ2) is 9.92. The Morgan fingerprint density at radius 1 is 1.00 bits per heavy atom. The van der Waals surface area contributed by atoms with Crippen LogP contribution in [0.3, 0.4) is 0 Å². The molecule has 11 heteroatoms. The number of hydrogen-bond donors (Lipinski definition) is 1. The molecule has 0 unspecified atom stereocenters. The molecule has 0 saturated carbocycles. The number of aromatic nitrogens is 2. The van der Waals surface area contributed by atoms with Crippen molar-refractivity contribution in [3.8, 4) is 11.3 Å². The molecular weight excluding hydrogens is 532 g/mol. The summed E-state index contributed by atoms with van der Waals surface area (Å²) < 4.78 is 55.7. The lowest BCUT2D eigenvalue weighted by Gasteiger charge is -2.23. The number of nitrogens with zero attached hydrogens (tertiary/aromatic N) is 3. The fourth-order valence-electron chi connectivity index (χ4n) is 4.41. The van der Waals surface area contributed by atoms with Gasteiger partial charge in [0.1, 0.15) is 4.90 Å². The summed E-state index contributed by atoms with van der Waals surface area (Å²) in [4.78, 5) is 8.67. The first kappa shape index (κ1) is 25.4. The predicted octanol–water partition coefficient (Wildman–Crippen LogP) is 5.38. The summed E-state index contributed by atoms with van der Waals surface area (Å²) in [5.74, 6) is 0.0605. The minimum atomic E-state index is -4.05. The third kappa shape index (κ3) is 5.27. The fourth-order valence-corrected chi connectivity index (χ4v) is 7.63. The number of rotatable bonds is 5. The summed E-state index contributed by atoms with van der Waals surface area (Å²) in [5, 5.41) is 0.855. The Morgan fingerprint density at radius 3 is 2.65 bits per heavy atom. The van der Waals surface area contributed by atoms with Gasteiger partial charge in [-0.1, -0.05) is 24.1 Å². The Kier molecular flexibility index (Phi) is 6.82. The number of anilines is 2. The van der Waals surface area contributed by atoms with Crippen molar-refractivity contribution in [3.05, 3.63) is 77.6 Å². The average molecular weight is 557 g/mol. The zero-order valence-corrected chi connectivity index (χ0v) is 22.4. The van der Waals surface area contributed by atoms with Crippen molar-refractivity contribution >= 4 is 53.9 Å². The van der Waals surface area contributed by atoms with E-state index in [-0.39, 0.29) is 15.7 Å². The van der Waals surface area contributed by atoms with E-state index in [0.717, 1.165) is 34.9 Å². The zero-order chi connectivity index (χ0) is 26.2. The van der Waals surface area contributed by atoms with Crippen LogP contribution < -0.4 is 9.03 Å². The number of nitrogens with one attached hydrogen (secondary N) is 1. The zero-order valence-electron chi connectivity index (χ0n) is 20.1. The molecule has 0 radical (unpaired) electrons. The molecule has 1 N–H and O–H groups in total. The van der Waals surface area contributed by atoms with Crippen LogP contribution in [-0.2, 0) is 20.0 Å². The molecule has 1 saturated heterocycles. The number of halogens is 1. The van der Waals surface area contributed by atoms with Gasteiger partial charge in [0.25, 0.3) is 10.0 Å². The summed E-state index contributed by atoms with van der Waals surface area (Å²) >= 11 is 6.39. The van der Waals surface area contributed by atoms with Gasteiger partial charge in [0.15, 0.2) is 0 Å². The molecule has 5 rings (SSSR count). The highest BCUT2D eigenvalue weighted by Crippen LogP contribution is 2.32. The van der Waals surface area contributed by atoms with E-state index in [1.54, 1.807) is 24.5 Å². The highest BCUT2D eigenvalue weighted by molar-refractivity contribution is 7.93. The van der Waals surface area contributed by atoms with Crippen LogP contribution in [0, 0.1) is 6.92 Å². The second-order valence-electron chi connectivity index (χ2n) is 8.96. The van der Waals surface area contributed by atoms with Crippen molar-refractivity contribution in [2.75, 3.05) is 21.3 Å². The van der Waals surface area contributed by atoms with Gasteiger partial charge >= 0.3 is 0 Å². The summed E-state index contributed by atoms with van der Waals surface area (Å²) in [5.41, 5.74) is 3.93. The number of benzene rings is 2. The molecule has 2 aromatic heterocycles. The molecular formula is C26H25ClN4O4S2. The lowest BCUT2D eigenvalue weighted by Crippen LogP contribution is -2.32. The van der Waals surface area contributed by atoms with Crippen LogP contribution in [0.25, 0.3) is 22.2 Å². The highest BCUT2D eigenvalue weighted by Gasteiger charge is 2.26. The Bertz CT molecular complexity index is 1710. The van der Waals surface area contributed by atoms with E-state index < -0.39 is 20.0 Å². The van der Waals surface area contributed by atoms with E-state index in [1.165, 1.54) is 22.5 Å². The average Bonchev–Trinajstić information content (AvgIpc) is 3.04. The van der Waals surface area contributed by atoms with Gasteiger partial charge in [-0.15, -0.1) is 0 Å². The Balaban J connectivity index is 1.44. The summed E-state index contributed by atoms with van der Waals surface area (Å²) in [7, 11) is -7.53. The van der Waals surface area contributed by atoms with E-state index in [2.05, 4.69) is 9.71 Å². The SMILES string of the molecule is Cc1ccc(NS(=O)(=O)c2ccc(N3CCCCCS3(=O)=O)cc2Cl)cc1-c1ccc2cnccc2n1. The first-order chi connectivity index (χ1) is 17.6. The number of hydrogen-bond acceptors (Lipinski definition) is 6. The van der Waals surface area contributed by atoms with Crippen LogP contribution in [0.15, 0.2) is 71.9 Å². The van der Waals surface area contributed by atoms with Crippen molar-refractivity contribution < 1.29 is 16.8 Å².